The molecule has 4 fully saturated rings. The molecule has 2 saturated carbocycles. The number of ether oxygens (including phenoxy) is 2. The van der Waals surface area contributed by atoms with E-state index in [1.807, 2.05) is 105 Å². The van der Waals surface area contributed by atoms with Crippen LogP contribution in [0.2, 0.25) is 0 Å². The summed E-state index contributed by atoms with van der Waals surface area (Å²) in [6.07, 6.45) is 4.33. The predicted molar refractivity (Wildman–Crippen MR) is 311 cm³/mol. The van der Waals surface area contributed by atoms with Crippen molar-refractivity contribution in [2.24, 2.45) is 22.5 Å². The summed E-state index contributed by atoms with van der Waals surface area (Å²) in [5, 5.41) is 10.8. The van der Waals surface area contributed by atoms with Crippen LogP contribution in [0.25, 0.3) is 0 Å². The molecule has 6 aliphatic rings. The lowest BCUT2D eigenvalue weighted by Gasteiger charge is -2.33. The molecule has 2 aliphatic carbocycles. The van der Waals surface area contributed by atoms with Crippen LogP contribution in [0, 0.1) is 16.7 Å². The highest BCUT2D eigenvalue weighted by Gasteiger charge is 2.48. The third-order valence-corrected chi connectivity index (χ3v) is 16.6. The molecule has 0 aromatic heterocycles. The van der Waals surface area contributed by atoms with Crippen molar-refractivity contribution in [3.05, 3.63) is 70.8 Å². The number of nitrogens with one attached hydrogen (secondary N) is 4. The van der Waals surface area contributed by atoms with Crippen LogP contribution >= 0.6 is 12.4 Å². The average Bonchev–Trinajstić information content (AvgIpc) is 4.54. The van der Waals surface area contributed by atoms with Gasteiger partial charge in [-0.1, -0.05) is 124 Å². The van der Waals surface area contributed by atoms with Crippen molar-refractivity contribution in [2.45, 2.75) is 207 Å². The Balaban J connectivity index is 0.000000263. The number of rotatable bonds is 18. The quantitative estimate of drug-likeness (QED) is 0.123. The fraction of sp³-hybridized carbons (Fsp3) is 0.639. The molecule has 8 rings (SSSR count). The second-order valence-corrected chi connectivity index (χ2v) is 25.2. The number of carbonyl (C=O) groups is 10. The zero-order valence-electron chi connectivity index (χ0n) is 49.8. The molecule has 83 heavy (non-hydrogen) atoms. The van der Waals surface area contributed by atoms with E-state index in [9.17, 15) is 47.9 Å². The molecule has 22 heteroatoms. The molecule has 456 valence electrons. The number of halogens is 1. The lowest BCUT2D eigenvalue weighted by Crippen LogP contribution is -2.57. The summed E-state index contributed by atoms with van der Waals surface area (Å²) in [5.41, 5.74) is 9.91. The summed E-state index contributed by atoms with van der Waals surface area (Å²) in [6, 6.07) is 11.1. The normalized spacial score (nSPS) is 21.6. The van der Waals surface area contributed by atoms with E-state index in [2.05, 4.69) is 27.3 Å². The minimum atomic E-state index is -1.02. The predicted octanol–water partition coefficient (Wildman–Crippen LogP) is 5.04. The highest BCUT2D eigenvalue weighted by molar-refractivity contribution is 6.39. The number of benzene rings is 2. The molecule has 0 spiro atoms. The zero-order valence-corrected chi connectivity index (χ0v) is 50.6. The number of amides is 8. The molecule has 8 atom stereocenters. The maximum absolute atomic E-state index is 13.6. The molecule has 0 radical (unpaired) electrons. The standard InChI is InChI=1S/C31H44N4O6.C30H43N5O6.ClH/c1-6-9-24(26(36)28(38)32-22-12-13-22)33-27(37)25-16-23(18-35(25)29(39)19(2)31(3,4)5)41-30(40)34-15-14-20-10-7-8-11-21(20)17-34;1-5-8-22(24(36)27(38)32-20-11-12-20)33-26(37)23-15-21(17-35(23)28(39)25(31)30(2,3)4)41-29(40)34-14-13-18-9-6-7-10-19(18)16-34;/h7-8,10-11,19,22-25H,6,9,12-18H2,1-5H3,(H,32,38)(H,33,37);6-7,9-10,20-23,25H,5,8,11-17,31H2,1-4H3,(H,32,38)(H,33,37);1H/t19-,23-,24?,25+;21-,22?,23+,25-;/m11./s1. The van der Waals surface area contributed by atoms with Gasteiger partial charge in [0, 0.05) is 57.0 Å². The number of nitrogens with zero attached hydrogens (tertiary/aromatic N) is 4. The molecular weight excluding hydrogens is 1090 g/mol. The summed E-state index contributed by atoms with van der Waals surface area (Å²) < 4.78 is 11.7. The Labute approximate surface area is 494 Å². The van der Waals surface area contributed by atoms with E-state index in [-0.39, 0.29) is 68.2 Å². The molecule has 2 saturated heterocycles. The van der Waals surface area contributed by atoms with Crippen LogP contribution in [0.3, 0.4) is 0 Å². The van der Waals surface area contributed by atoms with Gasteiger partial charge in [0.15, 0.2) is 0 Å². The van der Waals surface area contributed by atoms with Gasteiger partial charge in [0.05, 0.1) is 31.2 Å². The summed E-state index contributed by atoms with van der Waals surface area (Å²) in [4.78, 5) is 137. The van der Waals surface area contributed by atoms with Gasteiger partial charge in [0.1, 0.15) is 24.3 Å². The zero-order chi connectivity index (χ0) is 59.8. The Morgan fingerprint density at radius 3 is 1.30 bits per heavy atom. The van der Waals surface area contributed by atoms with Crippen molar-refractivity contribution in [2.75, 3.05) is 26.2 Å². The second-order valence-electron chi connectivity index (χ2n) is 25.2. The van der Waals surface area contributed by atoms with E-state index >= 15 is 0 Å². The number of Topliss-reactive ketones (excluding diaryl/α,β-unsaturated/α-hetero) is 2. The van der Waals surface area contributed by atoms with Crippen molar-refractivity contribution in [1.82, 2.24) is 40.9 Å². The lowest BCUT2D eigenvalue weighted by atomic mass is 9.81. The van der Waals surface area contributed by atoms with Crippen molar-refractivity contribution in [3.63, 3.8) is 0 Å². The number of hydrogen-bond acceptors (Lipinski definition) is 13. The third-order valence-electron chi connectivity index (χ3n) is 16.6. The summed E-state index contributed by atoms with van der Waals surface area (Å²) in [6.45, 7) is 18.9. The van der Waals surface area contributed by atoms with E-state index in [4.69, 9.17) is 15.2 Å². The molecule has 0 bridgehead atoms. The van der Waals surface area contributed by atoms with E-state index in [1.54, 1.807) is 9.80 Å². The Hall–Kier alpha value is -6.61. The third kappa shape index (κ3) is 17.3. The van der Waals surface area contributed by atoms with E-state index in [0.717, 1.165) is 43.2 Å². The highest BCUT2D eigenvalue weighted by atomic mass is 35.5. The molecule has 2 aromatic carbocycles. The fourth-order valence-corrected chi connectivity index (χ4v) is 10.6. The Morgan fingerprint density at radius 1 is 0.578 bits per heavy atom. The number of hydrogen-bond donors (Lipinski definition) is 5. The van der Waals surface area contributed by atoms with Crippen LogP contribution in [0.5, 0.6) is 0 Å². The maximum atomic E-state index is 13.6. The van der Waals surface area contributed by atoms with Crippen molar-refractivity contribution in [3.8, 4) is 0 Å². The highest BCUT2D eigenvalue weighted by Crippen LogP contribution is 2.33. The molecule has 2 unspecified atom stereocenters. The van der Waals surface area contributed by atoms with Crippen molar-refractivity contribution >= 4 is 71.6 Å². The van der Waals surface area contributed by atoms with Crippen LogP contribution in [0.4, 0.5) is 9.59 Å². The molecule has 4 aliphatic heterocycles. The second kappa shape index (κ2) is 28.3. The van der Waals surface area contributed by atoms with Gasteiger partial charge in [0.25, 0.3) is 11.8 Å². The number of nitrogens with two attached hydrogens (primary N) is 1. The topological polar surface area (TPSA) is 276 Å². The minimum absolute atomic E-state index is 0. The van der Waals surface area contributed by atoms with Crippen LogP contribution in [-0.2, 0) is 73.8 Å². The first-order chi connectivity index (χ1) is 38.8. The number of carbonyl (C=O) groups excluding carboxylic acids is 10. The van der Waals surface area contributed by atoms with Crippen LogP contribution in [0.1, 0.15) is 149 Å². The average molecular weight is 1170 g/mol. The van der Waals surface area contributed by atoms with Gasteiger partial charge in [-0.05, 0) is 84.5 Å². The Bertz CT molecular complexity index is 2540. The van der Waals surface area contributed by atoms with E-state index in [0.29, 0.717) is 51.9 Å². The first-order valence-electron chi connectivity index (χ1n) is 29.5. The van der Waals surface area contributed by atoms with Gasteiger partial charge >= 0.3 is 12.2 Å². The van der Waals surface area contributed by atoms with Gasteiger partial charge in [-0.2, -0.15) is 0 Å². The molecule has 21 nitrogen and oxygen atoms in total. The maximum Gasteiger partial charge on any atom is 0.410 e. The van der Waals surface area contributed by atoms with E-state index in [1.165, 1.54) is 20.9 Å². The number of likely N-dealkylation sites (tertiary alicyclic amines) is 2. The van der Waals surface area contributed by atoms with Gasteiger partial charge < -0.3 is 56.1 Å². The largest absolute Gasteiger partial charge is 0.444 e. The van der Waals surface area contributed by atoms with Gasteiger partial charge in [-0.3, -0.25) is 38.4 Å². The fourth-order valence-electron chi connectivity index (χ4n) is 10.6. The summed E-state index contributed by atoms with van der Waals surface area (Å²) in [5.74, 6) is -4.93. The summed E-state index contributed by atoms with van der Waals surface area (Å²) in [7, 11) is 0. The molecule has 6 N–H and O–H groups in total. The van der Waals surface area contributed by atoms with Crippen molar-refractivity contribution in [1.29, 1.82) is 0 Å². The van der Waals surface area contributed by atoms with Crippen LogP contribution < -0.4 is 27.0 Å². The SMILES string of the molecule is CCCC(NC(=O)[C@@H]1C[C@@H](OC(=O)N2CCc3ccccc3C2)CN1C(=O)[C@@H](C)C(C)(C)C)C(=O)C(=O)NC1CC1.CCCC(NC(=O)[C@@H]1C[C@@H](OC(=O)N2CCc3ccccc3C2)CN1C(=O)[C@@H](N)C(C)(C)C)C(=O)C(=O)NC1CC1.Cl. The first-order valence-corrected chi connectivity index (χ1v) is 29.5. The van der Waals surface area contributed by atoms with Gasteiger partial charge in [-0.15, -0.1) is 12.4 Å². The Morgan fingerprint density at radius 2 is 0.952 bits per heavy atom. The van der Waals surface area contributed by atoms with Crippen LogP contribution in [-0.4, -0.2) is 159 Å². The minimum Gasteiger partial charge on any atom is -0.444 e. The first kappa shape index (κ1) is 65.5. The number of ketones is 2. The van der Waals surface area contributed by atoms with E-state index < -0.39 is 107 Å². The molecule has 4 heterocycles. The molecule has 2 aromatic rings. The monoisotopic (exact) mass is 1170 g/mol. The molecule has 8 amide bonds. The lowest BCUT2D eigenvalue weighted by molar-refractivity contribution is -0.145. The van der Waals surface area contributed by atoms with Gasteiger partial charge in [0.2, 0.25) is 35.2 Å². The van der Waals surface area contributed by atoms with Gasteiger partial charge in [-0.25, -0.2) is 9.59 Å². The van der Waals surface area contributed by atoms with Crippen LogP contribution in [0.15, 0.2) is 48.5 Å². The summed E-state index contributed by atoms with van der Waals surface area (Å²) >= 11 is 0. The Kier molecular flexibility index (Phi) is 22.4. The van der Waals surface area contributed by atoms with Crippen molar-refractivity contribution < 1.29 is 57.4 Å². The smallest absolute Gasteiger partial charge is 0.410 e. The number of fused-ring (bicyclic) bond motifs is 2. The molecular formula is C61H88ClN9O12.